The van der Waals surface area contributed by atoms with Crippen LogP contribution in [0.25, 0.3) is 10.6 Å². The summed E-state index contributed by atoms with van der Waals surface area (Å²) in [7, 11) is 0. The number of rotatable bonds is 7. The molecule has 2 aliphatic heterocycles. The Bertz CT molecular complexity index is 1630. The number of Topliss-reactive ketones (excluding diaryl/α,β-unsaturated/α-hetero) is 1. The molecule has 0 aliphatic carbocycles. The van der Waals surface area contributed by atoms with Gasteiger partial charge in [-0.1, -0.05) is 42.5 Å². The van der Waals surface area contributed by atoms with Gasteiger partial charge in [0.2, 0.25) is 12.6 Å². The molecule has 2 aliphatic rings. The zero-order valence-electron chi connectivity index (χ0n) is 21.2. The highest BCUT2D eigenvalue weighted by Crippen LogP contribution is 2.46. The molecule has 1 N–H and O–H groups in total. The minimum atomic E-state index is -0.910. The summed E-state index contributed by atoms with van der Waals surface area (Å²) in [5, 5.41) is 11.9. The number of fused-ring (bicyclic) bond motifs is 1. The maximum absolute atomic E-state index is 14.1. The van der Waals surface area contributed by atoms with Crippen LogP contribution in [0.5, 0.6) is 17.2 Å². The van der Waals surface area contributed by atoms with Crippen molar-refractivity contribution in [2.45, 2.75) is 19.9 Å². The molecule has 6 rings (SSSR count). The quantitative estimate of drug-likeness (QED) is 0.286. The van der Waals surface area contributed by atoms with Gasteiger partial charge in [-0.3, -0.25) is 14.5 Å². The van der Waals surface area contributed by atoms with Crippen LogP contribution < -0.4 is 19.1 Å². The Morgan fingerprint density at radius 1 is 1.08 bits per heavy atom. The second kappa shape index (κ2) is 9.92. The number of ketones is 1. The van der Waals surface area contributed by atoms with Crippen molar-refractivity contribution in [3.05, 3.63) is 100 Å². The lowest BCUT2D eigenvalue weighted by atomic mass is 9.94. The number of nitrogens with zero attached hydrogens (tertiary/aromatic N) is 2. The average Bonchev–Trinajstić information content (AvgIpc) is 3.65. The molecular formula is C30H24N2O6S. The van der Waals surface area contributed by atoms with E-state index in [4.69, 9.17) is 14.2 Å². The summed E-state index contributed by atoms with van der Waals surface area (Å²) in [6.45, 7) is 4.16. The lowest BCUT2D eigenvalue weighted by Crippen LogP contribution is -2.31. The van der Waals surface area contributed by atoms with Crippen LogP contribution in [0.2, 0.25) is 0 Å². The molecule has 196 valence electrons. The lowest BCUT2D eigenvalue weighted by Gasteiger charge is -2.27. The van der Waals surface area contributed by atoms with Crippen LogP contribution in [0.1, 0.15) is 33.9 Å². The summed E-state index contributed by atoms with van der Waals surface area (Å²) in [6.07, 6.45) is 0. The summed E-state index contributed by atoms with van der Waals surface area (Å²) in [4.78, 5) is 34.1. The minimum absolute atomic E-state index is 0.0160. The largest absolute Gasteiger partial charge is 0.503 e. The predicted molar refractivity (Wildman–Crippen MR) is 147 cm³/mol. The van der Waals surface area contributed by atoms with E-state index < -0.39 is 23.5 Å². The van der Waals surface area contributed by atoms with E-state index in [-0.39, 0.29) is 12.4 Å². The molecule has 3 aromatic carbocycles. The van der Waals surface area contributed by atoms with Crippen molar-refractivity contribution < 1.29 is 28.9 Å². The first-order chi connectivity index (χ1) is 19.0. The number of ether oxygens (including phenoxy) is 3. The molecule has 1 aromatic heterocycles. The van der Waals surface area contributed by atoms with E-state index in [1.54, 1.807) is 49.4 Å². The highest BCUT2D eigenvalue weighted by atomic mass is 32.1. The minimum Gasteiger partial charge on any atom is -0.503 e. The first-order valence-electron chi connectivity index (χ1n) is 12.4. The second-order valence-electron chi connectivity index (χ2n) is 9.01. The van der Waals surface area contributed by atoms with E-state index in [1.165, 1.54) is 16.2 Å². The number of aliphatic hydroxyl groups excluding tert-OH is 1. The molecule has 9 heteroatoms. The number of aromatic nitrogens is 1. The smallest absolute Gasteiger partial charge is 0.294 e. The van der Waals surface area contributed by atoms with E-state index in [1.807, 2.05) is 37.3 Å². The van der Waals surface area contributed by atoms with Crippen LogP contribution in [0.3, 0.4) is 0 Å². The van der Waals surface area contributed by atoms with Gasteiger partial charge in [-0.2, -0.15) is 0 Å². The van der Waals surface area contributed by atoms with Crippen LogP contribution in [0, 0.1) is 6.92 Å². The average molecular weight is 541 g/mol. The van der Waals surface area contributed by atoms with Gasteiger partial charge >= 0.3 is 0 Å². The number of hydrogen-bond donors (Lipinski definition) is 1. The molecule has 1 atom stereocenters. The van der Waals surface area contributed by atoms with Gasteiger partial charge in [-0.25, -0.2) is 4.98 Å². The predicted octanol–water partition coefficient (Wildman–Crippen LogP) is 6.03. The molecule has 0 saturated heterocycles. The number of aryl methyl sites for hydroxylation is 1. The molecule has 1 amide bonds. The number of thiazole rings is 1. The van der Waals surface area contributed by atoms with Crippen LogP contribution in [-0.4, -0.2) is 35.2 Å². The number of carbonyl (C=O) groups excluding carboxylic acids is 2. The molecule has 0 fully saturated rings. The molecule has 3 heterocycles. The fraction of sp³-hybridized carbons (Fsp3) is 0.167. The fourth-order valence-electron chi connectivity index (χ4n) is 4.83. The number of amides is 1. The lowest BCUT2D eigenvalue weighted by molar-refractivity contribution is -0.117. The Morgan fingerprint density at radius 2 is 1.87 bits per heavy atom. The molecule has 39 heavy (non-hydrogen) atoms. The van der Waals surface area contributed by atoms with E-state index in [9.17, 15) is 14.7 Å². The molecule has 8 nitrogen and oxygen atoms in total. The summed E-state index contributed by atoms with van der Waals surface area (Å²) < 4.78 is 16.7. The Kier molecular flexibility index (Phi) is 6.28. The van der Waals surface area contributed by atoms with Crippen molar-refractivity contribution in [1.29, 1.82) is 0 Å². The molecule has 0 spiro atoms. The normalized spacial score (nSPS) is 16.2. The highest BCUT2D eigenvalue weighted by Gasteiger charge is 2.46. The number of anilines is 1. The van der Waals surface area contributed by atoms with E-state index in [0.717, 1.165) is 5.56 Å². The molecular weight excluding hydrogens is 516 g/mol. The van der Waals surface area contributed by atoms with Gasteiger partial charge in [0.05, 0.1) is 28.8 Å². The second-order valence-corrected chi connectivity index (χ2v) is 10.0. The van der Waals surface area contributed by atoms with Crippen LogP contribution in [-0.2, 0) is 4.79 Å². The first-order valence-corrected chi connectivity index (χ1v) is 13.2. The molecule has 0 saturated carbocycles. The van der Waals surface area contributed by atoms with Gasteiger partial charge in [0.25, 0.3) is 5.91 Å². The Labute approximate surface area is 228 Å². The van der Waals surface area contributed by atoms with Crippen molar-refractivity contribution in [3.63, 3.8) is 0 Å². The van der Waals surface area contributed by atoms with Gasteiger partial charge in [0.1, 0.15) is 10.8 Å². The number of hydrogen-bond acceptors (Lipinski definition) is 8. The summed E-state index contributed by atoms with van der Waals surface area (Å²) >= 11 is 1.24. The summed E-state index contributed by atoms with van der Waals surface area (Å²) in [5.74, 6) is -0.109. The first kappa shape index (κ1) is 24.7. The van der Waals surface area contributed by atoms with Gasteiger partial charge in [-0.05, 0) is 43.7 Å². The van der Waals surface area contributed by atoms with Gasteiger partial charge in [0, 0.05) is 17.3 Å². The SMILES string of the molecule is CCOc1cccc(C2C(C(=O)c3sc(-c4ccccc4)nc3C)=C(O)C(=O)N2c2ccc3c(c2)OCO3)c1. The third-order valence-electron chi connectivity index (χ3n) is 6.60. The van der Waals surface area contributed by atoms with Crippen LogP contribution in [0.4, 0.5) is 5.69 Å². The zero-order chi connectivity index (χ0) is 27.1. The zero-order valence-corrected chi connectivity index (χ0v) is 22.0. The number of carbonyl (C=O) groups is 2. The molecule has 4 aromatic rings. The third kappa shape index (κ3) is 4.30. The highest BCUT2D eigenvalue weighted by molar-refractivity contribution is 7.17. The third-order valence-corrected chi connectivity index (χ3v) is 7.80. The van der Waals surface area contributed by atoms with E-state index in [2.05, 4.69) is 4.98 Å². The Morgan fingerprint density at radius 3 is 2.67 bits per heavy atom. The molecule has 0 radical (unpaired) electrons. The summed E-state index contributed by atoms with van der Waals surface area (Å²) in [6, 6.07) is 20.9. The summed E-state index contributed by atoms with van der Waals surface area (Å²) in [5.41, 5.74) is 2.46. The van der Waals surface area contributed by atoms with Crippen molar-refractivity contribution in [1.82, 2.24) is 4.98 Å². The van der Waals surface area contributed by atoms with Gasteiger partial charge < -0.3 is 19.3 Å². The van der Waals surface area contributed by atoms with Crippen molar-refractivity contribution in [3.8, 4) is 27.8 Å². The molecule has 0 bridgehead atoms. The van der Waals surface area contributed by atoms with E-state index in [0.29, 0.717) is 50.7 Å². The fourth-order valence-corrected chi connectivity index (χ4v) is 5.85. The topological polar surface area (TPSA) is 98.2 Å². The van der Waals surface area contributed by atoms with Crippen molar-refractivity contribution in [2.24, 2.45) is 0 Å². The standard InChI is InChI=1S/C30H24N2O6S/c1-3-36-21-11-7-10-19(14-21)25-24(26(33)28-17(2)31-29(39-28)18-8-5-4-6-9-18)27(34)30(35)32(25)20-12-13-22-23(15-20)38-16-37-22/h4-15,25,34H,3,16H2,1-2H3. The Balaban J connectivity index is 1.47. The van der Waals surface area contributed by atoms with Crippen molar-refractivity contribution in [2.75, 3.05) is 18.3 Å². The van der Waals surface area contributed by atoms with Gasteiger partial charge in [0.15, 0.2) is 17.3 Å². The van der Waals surface area contributed by atoms with Crippen molar-refractivity contribution >= 4 is 28.7 Å². The molecule has 1 unspecified atom stereocenters. The van der Waals surface area contributed by atoms with Gasteiger partial charge in [-0.15, -0.1) is 11.3 Å². The van der Waals surface area contributed by atoms with E-state index >= 15 is 0 Å². The Hall–Kier alpha value is -4.63. The van der Waals surface area contributed by atoms with Crippen LogP contribution >= 0.6 is 11.3 Å². The number of benzene rings is 3. The maximum atomic E-state index is 14.1. The van der Waals surface area contributed by atoms with Crippen LogP contribution in [0.15, 0.2) is 84.1 Å². The monoisotopic (exact) mass is 540 g/mol. The number of aliphatic hydroxyl groups is 1. The maximum Gasteiger partial charge on any atom is 0.294 e.